The smallest absolute Gasteiger partial charge is 0.105 e. The van der Waals surface area contributed by atoms with E-state index in [0.717, 1.165) is 12.2 Å². The van der Waals surface area contributed by atoms with Crippen LogP contribution < -0.4 is 0 Å². The summed E-state index contributed by atoms with van der Waals surface area (Å²) < 4.78 is 2.45. The molecule has 0 spiro atoms. The normalized spacial score (nSPS) is 18.3. The molecule has 0 N–H and O–H groups in total. The fraction of sp³-hybridized carbons (Fsp3) is 0.667. The van der Waals surface area contributed by atoms with E-state index < -0.39 is 0 Å². The van der Waals surface area contributed by atoms with Crippen LogP contribution in [0.3, 0.4) is 0 Å². The van der Waals surface area contributed by atoms with Gasteiger partial charge in [-0.1, -0.05) is 6.08 Å². The summed E-state index contributed by atoms with van der Waals surface area (Å²) in [6.07, 6.45) is 9.79. The number of hydrogen-bond donors (Lipinski definition) is 0. The Kier molecular flexibility index (Phi) is 4.64. The molecule has 0 atom stereocenters. The van der Waals surface area contributed by atoms with E-state index in [1.807, 2.05) is 6.20 Å². The number of aromatic nitrogens is 2. The summed E-state index contributed by atoms with van der Waals surface area (Å²) in [5.41, 5.74) is 1.34. The third kappa shape index (κ3) is 3.60. The number of imidazole rings is 1. The second kappa shape index (κ2) is 6.24. The average molecular weight is 262 g/mol. The van der Waals surface area contributed by atoms with Gasteiger partial charge in [0.15, 0.2) is 0 Å². The third-order valence-corrected chi connectivity index (χ3v) is 3.84. The molecule has 1 aliphatic heterocycles. The largest absolute Gasteiger partial charge is 0.384 e. The Balaban J connectivity index is 2.09. The van der Waals surface area contributed by atoms with Crippen LogP contribution in [-0.4, -0.2) is 53.6 Å². The second-order valence-electron chi connectivity index (χ2n) is 5.75. The summed E-state index contributed by atoms with van der Waals surface area (Å²) in [6.45, 7) is 4.50. The van der Waals surface area contributed by atoms with Crippen LogP contribution in [0.25, 0.3) is 0 Å². The summed E-state index contributed by atoms with van der Waals surface area (Å²) in [5.74, 6) is 1.16. The number of piperidine rings is 1. The molecule has 1 saturated heterocycles. The van der Waals surface area contributed by atoms with Gasteiger partial charge in [-0.25, -0.2) is 4.98 Å². The van der Waals surface area contributed by atoms with Crippen LogP contribution in [-0.2, 0) is 6.42 Å². The molecule has 0 aliphatic carbocycles. The second-order valence-corrected chi connectivity index (χ2v) is 5.75. The zero-order chi connectivity index (χ0) is 13.8. The number of likely N-dealkylation sites (tertiary alicyclic amines) is 1. The SMILES string of the molecule is Cc1ncc(C/C=C/N(C)C)n1C1CCN(C)CC1. The minimum Gasteiger partial charge on any atom is -0.384 e. The lowest BCUT2D eigenvalue weighted by molar-refractivity contribution is 0.218. The van der Waals surface area contributed by atoms with Crippen LogP contribution in [0.5, 0.6) is 0 Å². The van der Waals surface area contributed by atoms with Crippen molar-refractivity contribution in [3.05, 3.63) is 30.0 Å². The van der Waals surface area contributed by atoms with E-state index in [1.165, 1.54) is 31.6 Å². The first-order valence-electron chi connectivity index (χ1n) is 7.12. The summed E-state index contributed by atoms with van der Waals surface area (Å²) in [7, 11) is 6.31. The zero-order valence-electron chi connectivity index (χ0n) is 12.6. The maximum absolute atomic E-state index is 4.51. The molecular formula is C15H26N4. The Bertz CT molecular complexity index is 425. The molecule has 106 valence electrons. The summed E-state index contributed by atoms with van der Waals surface area (Å²) in [4.78, 5) is 8.99. The Morgan fingerprint density at radius 2 is 2.05 bits per heavy atom. The van der Waals surface area contributed by atoms with Gasteiger partial charge in [0.05, 0.1) is 0 Å². The highest BCUT2D eigenvalue weighted by Gasteiger charge is 2.21. The number of hydrogen-bond acceptors (Lipinski definition) is 3. The van der Waals surface area contributed by atoms with E-state index in [9.17, 15) is 0 Å². The molecule has 1 fully saturated rings. The van der Waals surface area contributed by atoms with Crippen molar-refractivity contribution in [2.45, 2.75) is 32.2 Å². The standard InChI is InChI=1S/C15H26N4/c1-13-16-12-15(6-5-9-17(2)3)19(13)14-7-10-18(4)11-8-14/h5,9,12,14H,6-8,10-11H2,1-4H3/b9-5+. The van der Waals surface area contributed by atoms with Gasteiger partial charge >= 0.3 is 0 Å². The van der Waals surface area contributed by atoms with Crippen molar-refractivity contribution in [1.29, 1.82) is 0 Å². The van der Waals surface area contributed by atoms with E-state index in [0.29, 0.717) is 6.04 Å². The van der Waals surface area contributed by atoms with Gasteiger partial charge in [0.2, 0.25) is 0 Å². The summed E-state index contributed by atoms with van der Waals surface area (Å²) >= 11 is 0. The quantitative estimate of drug-likeness (QED) is 0.830. The Morgan fingerprint density at radius 1 is 1.37 bits per heavy atom. The Labute approximate surface area is 116 Å². The van der Waals surface area contributed by atoms with Crippen LogP contribution >= 0.6 is 0 Å². The van der Waals surface area contributed by atoms with Crippen molar-refractivity contribution in [3.63, 3.8) is 0 Å². The first kappa shape index (κ1) is 14.1. The number of rotatable bonds is 4. The highest BCUT2D eigenvalue weighted by molar-refractivity contribution is 5.11. The molecule has 0 aromatic carbocycles. The number of allylic oxidation sites excluding steroid dienone is 1. The predicted octanol–water partition coefficient (Wildman–Crippen LogP) is 2.08. The zero-order valence-corrected chi connectivity index (χ0v) is 12.6. The summed E-state index contributed by atoms with van der Waals surface area (Å²) in [6, 6.07) is 0.626. The van der Waals surface area contributed by atoms with Gasteiger partial charge in [-0.15, -0.1) is 0 Å². The molecule has 1 aliphatic rings. The van der Waals surface area contributed by atoms with Crippen molar-refractivity contribution in [3.8, 4) is 0 Å². The van der Waals surface area contributed by atoms with Crippen LogP contribution in [0.2, 0.25) is 0 Å². The fourth-order valence-electron chi connectivity index (χ4n) is 2.79. The molecule has 1 aromatic rings. The molecule has 0 saturated carbocycles. The minimum atomic E-state index is 0.626. The Hall–Kier alpha value is -1.29. The molecule has 19 heavy (non-hydrogen) atoms. The molecular weight excluding hydrogens is 236 g/mol. The number of nitrogens with zero attached hydrogens (tertiary/aromatic N) is 4. The molecule has 1 aromatic heterocycles. The maximum atomic E-state index is 4.51. The van der Waals surface area contributed by atoms with Gasteiger partial charge in [0.25, 0.3) is 0 Å². The van der Waals surface area contributed by atoms with Gasteiger partial charge in [0.1, 0.15) is 5.82 Å². The lowest BCUT2D eigenvalue weighted by atomic mass is 10.0. The van der Waals surface area contributed by atoms with Crippen molar-refractivity contribution in [2.75, 3.05) is 34.2 Å². The molecule has 0 bridgehead atoms. The van der Waals surface area contributed by atoms with Crippen molar-refractivity contribution in [1.82, 2.24) is 19.4 Å². The molecule has 0 amide bonds. The van der Waals surface area contributed by atoms with Gasteiger partial charge in [-0.2, -0.15) is 0 Å². The predicted molar refractivity (Wildman–Crippen MR) is 79.3 cm³/mol. The maximum Gasteiger partial charge on any atom is 0.105 e. The first-order chi connectivity index (χ1) is 9.08. The van der Waals surface area contributed by atoms with Gasteiger partial charge < -0.3 is 14.4 Å². The molecule has 4 nitrogen and oxygen atoms in total. The summed E-state index contributed by atoms with van der Waals surface area (Å²) in [5, 5.41) is 0. The highest BCUT2D eigenvalue weighted by Crippen LogP contribution is 2.25. The molecule has 2 heterocycles. The van der Waals surface area contributed by atoms with Crippen LogP contribution in [0, 0.1) is 6.92 Å². The minimum absolute atomic E-state index is 0.626. The van der Waals surface area contributed by atoms with Crippen molar-refractivity contribution >= 4 is 0 Å². The first-order valence-corrected chi connectivity index (χ1v) is 7.12. The third-order valence-electron chi connectivity index (χ3n) is 3.84. The highest BCUT2D eigenvalue weighted by atomic mass is 15.2. The molecule has 0 unspecified atom stereocenters. The monoisotopic (exact) mass is 262 g/mol. The van der Waals surface area contributed by atoms with E-state index in [4.69, 9.17) is 0 Å². The van der Waals surface area contributed by atoms with E-state index in [2.05, 4.69) is 59.7 Å². The van der Waals surface area contributed by atoms with Gasteiger partial charge in [-0.05, 0) is 46.1 Å². The lowest BCUT2D eigenvalue weighted by Crippen LogP contribution is -2.32. The van der Waals surface area contributed by atoms with Crippen molar-refractivity contribution < 1.29 is 0 Å². The van der Waals surface area contributed by atoms with Crippen molar-refractivity contribution in [2.24, 2.45) is 0 Å². The number of aryl methyl sites for hydroxylation is 1. The average Bonchev–Trinajstić information content (AvgIpc) is 2.72. The molecule has 0 radical (unpaired) electrons. The van der Waals surface area contributed by atoms with E-state index in [1.54, 1.807) is 0 Å². The Morgan fingerprint density at radius 3 is 2.68 bits per heavy atom. The van der Waals surface area contributed by atoms with Crippen LogP contribution in [0.1, 0.15) is 30.4 Å². The molecule has 2 rings (SSSR count). The fourth-order valence-corrected chi connectivity index (χ4v) is 2.79. The van der Waals surface area contributed by atoms with E-state index in [-0.39, 0.29) is 0 Å². The lowest BCUT2D eigenvalue weighted by Gasteiger charge is -2.31. The van der Waals surface area contributed by atoms with Gasteiger partial charge in [-0.3, -0.25) is 0 Å². The van der Waals surface area contributed by atoms with Crippen LogP contribution in [0.15, 0.2) is 18.5 Å². The van der Waals surface area contributed by atoms with Crippen LogP contribution in [0.4, 0.5) is 0 Å². The van der Waals surface area contributed by atoms with E-state index >= 15 is 0 Å². The molecule has 4 heteroatoms. The topological polar surface area (TPSA) is 24.3 Å². The van der Waals surface area contributed by atoms with Gasteiger partial charge in [0, 0.05) is 38.4 Å².